The van der Waals surface area contributed by atoms with Crippen molar-refractivity contribution >= 4 is 4.61 Å². The predicted octanol–water partition coefficient (Wildman–Crippen LogP) is 2.57. The van der Waals surface area contributed by atoms with Gasteiger partial charge in [-0.2, -0.15) is 12.8 Å². The molecule has 0 heterocycles. The first-order valence-electron chi connectivity index (χ1n) is 3.81. The summed E-state index contributed by atoms with van der Waals surface area (Å²) in [4.78, 5) is 0. The van der Waals surface area contributed by atoms with Gasteiger partial charge in [-0.25, -0.2) is 0 Å². The fourth-order valence-electron chi connectivity index (χ4n) is 1.09. The molecular formula is C9H16Rh-2. The Labute approximate surface area is 74.6 Å². The van der Waals surface area contributed by atoms with E-state index in [4.69, 9.17) is 0 Å². The molecule has 1 aliphatic carbocycles. The summed E-state index contributed by atoms with van der Waals surface area (Å²) >= 11 is 2.49. The Hall–Kier alpha value is 0.493. The first-order chi connectivity index (χ1) is 4.81. The van der Waals surface area contributed by atoms with Crippen molar-refractivity contribution in [1.82, 2.24) is 0 Å². The van der Waals surface area contributed by atoms with Gasteiger partial charge in [0, 0.05) is 0 Å². The standard InChI is InChI=1S/C7H13.C2H3.Rh/c1-7-5-3-2-4-6-7;1-2;/h2,7H,3-6H2,1H3;1H,2H2;/q2*-1;. The van der Waals surface area contributed by atoms with Crippen LogP contribution in [0.2, 0.25) is 0 Å². The van der Waals surface area contributed by atoms with Gasteiger partial charge in [-0.3, -0.25) is 0 Å². The molecule has 0 amide bonds. The van der Waals surface area contributed by atoms with Gasteiger partial charge >= 0.3 is 29.4 Å². The summed E-state index contributed by atoms with van der Waals surface area (Å²) < 4.78 is 1.64. The maximum atomic E-state index is 3.31. The molecule has 1 saturated carbocycles. The summed E-state index contributed by atoms with van der Waals surface area (Å²) in [7, 11) is 0. The molecule has 0 atom stereocenters. The molecule has 63 valence electrons. The average Bonchev–Trinajstić information content (AvgIpc) is 1.91. The van der Waals surface area contributed by atoms with Gasteiger partial charge in [-0.1, -0.05) is 19.8 Å². The summed E-state index contributed by atoms with van der Waals surface area (Å²) in [6.45, 7) is 5.65. The van der Waals surface area contributed by atoms with Crippen LogP contribution in [-0.2, 0) is 17.9 Å². The molecule has 0 bridgehead atoms. The van der Waals surface area contributed by atoms with Gasteiger partial charge < -0.3 is 6.42 Å². The van der Waals surface area contributed by atoms with Crippen LogP contribution in [0.4, 0.5) is 0 Å². The number of hydrogen-bond acceptors (Lipinski definition) is 0. The van der Waals surface area contributed by atoms with E-state index in [9.17, 15) is 0 Å². The van der Waals surface area contributed by atoms with Crippen LogP contribution in [0.1, 0.15) is 32.6 Å². The second-order valence-corrected chi connectivity index (χ2v) is 3.35. The minimum atomic E-state index is 1.00. The molecule has 0 aromatic rings. The summed E-state index contributed by atoms with van der Waals surface area (Å²) in [6.07, 6.45) is 7.99. The molecule has 0 radical (unpaired) electrons. The van der Waals surface area contributed by atoms with Crippen molar-refractivity contribution in [3.63, 3.8) is 0 Å². The quantitative estimate of drug-likeness (QED) is 0.440. The van der Waals surface area contributed by atoms with Gasteiger partial charge in [0.05, 0.1) is 0 Å². The SMILES string of the molecule is CC1CC[CH-]CC1.[CH2-][CH]=[Rh]. The maximum absolute atomic E-state index is 3.31. The molecule has 0 aliphatic heterocycles. The summed E-state index contributed by atoms with van der Waals surface area (Å²) in [5, 5.41) is 0. The molecule has 1 heteroatoms. The molecule has 10 heavy (non-hydrogen) atoms. The Morgan fingerprint density at radius 1 is 1.50 bits per heavy atom. The third kappa shape index (κ3) is 6.61. The summed E-state index contributed by atoms with van der Waals surface area (Å²) in [5.74, 6) is 1.00. The van der Waals surface area contributed by atoms with Crippen LogP contribution in [0, 0.1) is 19.3 Å². The van der Waals surface area contributed by atoms with Crippen LogP contribution in [0.15, 0.2) is 0 Å². The van der Waals surface area contributed by atoms with Crippen LogP contribution >= 0.6 is 0 Å². The molecule has 0 nitrogen and oxygen atoms in total. The average molecular weight is 227 g/mol. The van der Waals surface area contributed by atoms with E-state index in [1.54, 1.807) is 4.61 Å². The van der Waals surface area contributed by atoms with Gasteiger partial charge in [0.1, 0.15) is 0 Å². The molecule has 0 saturated heterocycles. The third-order valence-electron chi connectivity index (χ3n) is 1.73. The molecule has 1 rings (SSSR count). The van der Waals surface area contributed by atoms with Crippen LogP contribution in [0.25, 0.3) is 0 Å². The van der Waals surface area contributed by atoms with Gasteiger partial charge in [-0.05, 0) is 5.92 Å². The van der Waals surface area contributed by atoms with Crippen molar-refractivity contribution in [2.45, 2.75) is 32.6 Å². The number of hydrogen-bond donors (Lipinski definition) is 0. The van der Waals surface area contributed by atoms with Gasteiger partial charge in [0.15, 0.2) is 0 Å². The summed E-state index contributed by atoms with van der Waals surface area (Å²) in [5.41, 5.74) is 0. The minimum absolute atomic E-state index is 1.00. The second-order valence-electron chi connectivity index (χ2n) is 2.68. The molecule has 0 unspecified atom stereocenters. The van der Waals surface area contributed by atoms with Gasteiger partial charge in [0.25, 0.3) is 0 Å². The number of rotatable bonds is 0. The van der Waals surface area contributed by atoms with Crippen molar-refractivity contribution in [3.05, 3.63) is 13.3 Å². The Balaban J connectivity index is 0.000000236. The van der Waals surface area contributed by atoms with Crippen molar-refractivity contribution < 1.29 is 17.9 Å². The van der Waals surface area contributed by atoms with E-state index in [0.29, 0.717) is 0 Å². The molecule has 1 aliphatic rings. The van der Waals surface area contributed by atoms with E-state index in [1.165, 1.54) is 25.7 Å². The molecule has 1 fully saturated rings. The van der Waals surface area contributed by atoms with E-state index in [1.807, 2.05) is 0 Å². The molecule has 0 aromatic heterocycles. The Morgan fingerprint density at radius 2 is 1.90 bits per heavy atom. The van der Waals surface area contributed by atoms with Crippen LogP contribution < -0.4 is 0 Å². The first-order valence-corrected chi connectivity index (χ1v) is 4.76. The molecular weight excluding hydrogens is 211 g/mol. The zero-order chi connectivity index (χ0) is 7.82. The monoisotopic (exact) mass is 227 g/mol. The fraction of sp³-hybridized carbons (Fsp3) is 0.667. The van der Waals surface area contributed by atoms with Crippen LogP contribution in [0.5, 0.6) is 0 Å². The Morgan fingerprint density at radius 3 is 2.10 bits per heavy atom. The van der Waals surface area contributed by atoms with Gasteiger partial charge in [-0.15, -0.1) is 0 Å². The second kappa shape index (κ2) is 7.60. The molecule has 0 N–H and O–H groups in total. The van der Waals surface area contributed by atoms with E-state index < -0.39 is 0 Å². The van der Waals surface area contributed by atoms with E-state index in [-0.39, 0.29) is 0 Å². The Kier molecular flexibility index (Phi) is 7.97. The molecule has 0 aromatic carbocycles. The van der Waals surface area contributed by atoms with Crippen molar-refractivity contribution in [1.29, 1.82) is 0 Å². The summed E-state index contributed by atoms with van der Waals surface area (Å²) in [6, 6.07) is 0. The van der Waals surface area contributed by atoms with E-state index in [0.717, 1.165) is 5.92 Å². The van der Waals surface area contributed by atoms with Crippen molar-refractivity contribution in [3.8, 4) is 0 Å². The predicted molar refractivity (Wildman–Crippen MR) is 43.4 cm³/mol. The van der Waals surface area contributed by atoms with E-state index >= 15 is 0 Å². The third-order valence-corrected chi connectivity index (χ3v) is 1.73. The fourth-order valence-corrected chi connectivity index (χ4v) is 1.09. The zero-order valence-corrected chi connectivity index (χ0v) is 8.24. The van der Waals surface area contributed by atoms with Crippen molar-refractivity contribution in [2.24, 2.45) is 5.92 Å². The van der Waals surface area contributed by atoms with Crippen LogP contribution in [0.3, 0.4) is 0 Å². The van der Waals surface area contributed by atoms with Gasteiger partial charge in [0.2, 0.25) is 0 Å². The van der Waals surface area contributed by atoms with E-state index in [2.05, 4.69) is 38.1 Å². The topological polar surface area (TPSA) is 0 Å². The van der Waals surface area contributed by atoms with Crippen LogP contribution in [-0.4, -0.2) is 4.61 Å². The molecule has 0 spiro atoms. The zero-order valence-electron chi connectivity index (χ0n) is 6.60. The first kappa shape index (κ1) is 10.5. The normalized spacial score (nSPS) is 19.1. The Bertz CT molecular complexity index is 72.8. The van der Waals surface area contributed by atoms with Crippen molar-refractivity contribution in [2.75, 3.05) is 0 Å².